The number of Topliss-reactive ketones (excluding diaryl/α,β-unsaturated/α-hetero) is 1. The fourth-order valence-electron chi connectivity index (χ4n) is 1.54. The van der Waals surface area contributed by atoms with Crippen LogP contribution in [0.4, 0.5) is 5.69 Å². The molecule has 0 saturated carbocycles. The number of pyridine rings is 1. The Morgan fingerprint density at radius 3 is 2.70 bits per heavy atom. The first-order valence-electron chi connectivity index (χ1n) is 5.82. The Balaban J connectivity index is 1.88. The van der Waals surface area contributed by atoms with Gasteiger partial charge in [-0.25, -0.2) is 0 Å². The molecule has 0 unspecified atom stereocenters. The molecule has 0 aliphatic carbocycles. The third-order valence-electron chi connectivity index (χ3n) is 2.53. The van der Waals surface area contributed by atoms with E-state index in [1.807, 2.05) is 0 Å². The van der Waals surface area contributed by atoms with Crippen LogP contribution in [-0.4, -0.2) is 16.7 Å². The second-order valence-corrected chi connectivity index (χ2v) is 5.71. The van der Waals surface area contributed by atoms with Crippen molar-refractivity contribution in [2.24, 2.45) is 0 Å². The van der Waals surface area contributed by atoms with Gasteiger partial charge in [-0.3, -0.25) is 14.4 Å². The number of H-pyrrole nitrogens is 1. The Labute approximate surface area is 123 Å². The van der Waals surface area contributed by atoms with Crippen molar-refractivity contribution in [1.29, 1.82) is 0 Å². The highest BCUT2D eigenvalue weighted by molar-refractivity contribution is 7.18. The smallest absolute Gasteiger partial charge is 0.224 e. The van der Waals surface area contributed by atoms with Crippen LogP contribution in [0.1, 0.15) is 22.5 Å². The molecule has 0 bridgehead atoms. The van der Waals surface area contributed by atoms with E-state index < -0.39 is 0 Å². The number of rotatable bonds is 5. The molecule has 2 aromatic rings. The number of nitrogens with one attached hydrogen (secondary N) is 2. The summed E-state index contributed by atoms with van der Waals surface area (Å²) < 4.78 is 0.536. The summed E-state index contributed by atoms with van der Waals surface area (Å²) in [5.41, 5.74) is -0.113. The van der Waals surface area contributed by atoms with Gasteiger partial charge in [-0.15, -0.1) is 11.3 Å². The lowest BCUT2D eigenvalue weighted by Crippen LogP contribution is -2.18. The van der Waals surface area contributed by atoms with Gasteiger partial charge in [-0.1, -0.05) is 11.6 Å². The highest BCUT2D eigenvalue weighted by Crippen LogP contribution is 2.22. The number of carbonyl (C=O) groups is 2. The van der Waals surface area contributed by atoms with Crippen LogP contribution in [0.25, 0.3) is 0 Å². The summed E-state index contributed by atoms with van der Waals surface area (Å²) in [7, 11) is 0. The molecule has 2 aromatic heterocycles. The maximum atomic E-state index is 11.8. The first kappa shape index (κ1) is 14.5. The molecule has 2 rings (SSSR count). The van der Waals surface area contributed by atoms with Gasteiger partial charge in [0.1, 0.15) is 5.69 Å². The number of ketones is 1. The Morgan fingerprint density at radius 1 is 1.25 bits per heavy atom. The first-order valence-corrected chi connectivity index (χ1v) is 7.01. The third kappa shape index (κ3) is 3.79. The lowest BCUT2D eigenvalue weighted by atomic mass is 10.2. The molecule has 0 saturated heterocycles. The van der Waals surface area contributed by atoms with Gasteiger partial charge in [0.15, 0.2) is 5.78 Å². The Hall–Kier alpha value is -1.92. The second kappa shape index (κ2) is 6.49. The van der Waals surface area contributed by atoms with Gasteiger partial charge in [0.05, 0.1) is 9.21 Å². The second-order valence-electron chi connectivity index (χ2n) is 4.00. The highest BCUT2D eigenvalue weighted by Gasteiger charge is 2.12. The Bertz CT molecular complexity index is 693. The van der Waals surface area contributed by atoms with Crippen molar-refractivity contribution in [2.75, 3.05) is 5.32 Å². The number of anilines is 1. The van der Waals surface area contributed by atoms with E-state index in [0.717, 1.165) is 0 Å². The maximum absolute atomic E-state index is 11.8. The predicted octanol–water partition coefficient (Wildman–Crippen LogP) is 2.69. The first-order chi connectivity index (χ1) is 9.56. The lowest BCUT2D eigenvalue weighted by molar-refractivity contribution is -0.116. The largest absolute Gasteiger partial charge is 0.366 e. The predicted molar refractivity (Wildman–Crippen MR) is 78.6 cm³/mol. The van der Waals surface area contributed by atoms with E-state index >= 15 is 0 Å². The number of thiophene rings is 1. The molecule has 7 heteroatoms. The standard InChI is InChI=1S/C13H11ClN2O3S/c14-12-3-2-11(20-12)10(18)1-4-13(19)16-8-7-15-6-5-9(8)17/h2-3,5-7H,1,4H2,(H,15,17)(H,16,19). The fourth-order valence-corrected chi connectivity index (χ4v) is 2.55. The van der Waals surface area contributed by atoms with Gasteiger partial charge in [-0.05, 0) is 12.1 Å². The van der Waals surface area contributed by atoms with E-state index in [9.17, 15) is 14.4 Å². The fraction of sp³-hybridized carbons (Fsp3) is 0.154. The molecule has 0 aromatic carbocycles. The summed E-state index contributed by atoms with van der Waals surface area (Å²) in [5.74, 6) is -0.517. The van der Waals surface area contributed by atoms with Gasteiger partial charge in [0, 0.05) is 31.3 Å². The molecule has 104 valence electrons. The van der Waals surface area contributed by atoms with Crippen LogP contribution in [0.5, 0.6) is 0 Å². The maximum Gasteiger partial charge on any atom is 0.224 e. The van der Waals surface area contributed by atoms with Crippen LogP contribution in [0.15, 0.2) is 35.4 Å². The van der Waals surface area contributed by atoms with E-state index in [0.29, 0.717) is 9.21 Å². The van der Waals surface area contributed by atoms with Crippen molar-refractivity contribution in [2.45, 2.75) is 12.8 Å². The van der Waals surface area contributed by atoms with Crippen molar-refractivity contribution in [3.63, 3.8) is 0 Å². The quantitative estimate of drug-likeness (QED) is 0.833. The molecule has 0 radical (unpaired) electrons. The number of halogens is 1. The van der Waals surface area contributed by atoms with E-state index in [1.165, 1.54) is 29.8 Å². The Morgan fingerprint density at radius 2 is 2.05 bits per heavy atom. The van der Waals surface area contributed by atoms with Crippen LogP contribution in [-0.2, 0) is 4.79 Å². The van der Waals surface area contributed by atoms with Crippen LogP contribution >= 0.6 is 22.9 Å². The molecule has 2 heterocycles. The molecule has 0 aliphatic heterocycles. The average Bonchev–Trinajstić information content (AvgIpc) is 2.85. The summed E-state index contributed by atoms with van der Waals surface area (Å²) in [5, 5.41) is 2.46. The van der Waals surface area contributed by atoms with E-state index in [2.05, 4.69) is 10.3 Å². The molecule has 2 N–H and O–H groups in total. The number of hydrogen-bond acceptors (Lipinski definition) is 4. The van der Waals surface area contributed by atoms with Crippen LogP contribution in [0.3, 0.4) is 0 Å². The zero-order chi connectivity index (χ0) is 14.5. The van der Waals surface area contributed by atoms with Crippen molar-refractivity contribution in [3.8, 4) is 0 Å². The van der Waals surface area contributed by atoms with Gasteiger partial charge in [0.2, 0.25) is 11.3 Å². The molecule has 1 amide bonds. The van der Waals surface area contributed by atoms with Crippen LogP contribution in [0, 0.1) is 0 Å². The van der Waals surface area contributed by atoms with E-state index in [4.69, 9.17) is 11.6 Å². The van der Waals surface area contributed by atoms with E-state index in [-0.39, 0.29) is 35.6 Å². The van der Waals surface area contributed by atoms with Crippen LogP contribution < -0.4 is 10.7 Å². The number of amides is 1. The minimum Gasteiger partial charge on any atom is -0.366 e. The number of carbonyl (C=O) groups excluding carboxylic acids is 2. The molecule has 0 spiro atoms. The van der Waals surface area contributed by atoms with Gasteiger partial charge >= 0.3 is 0 Å². The number of aromatic nitrogens is 1. The summed E-state index contributed by atoms with van der Waals surface area (Å²) in [6.45, 7) is 0. The molecule has 20 heavy (non-hydrogen) atoms. The Kier molecular flexibility index (Phi) is 4.70. The van der Waals surface area contributed by atoms with Crippen molar-refractivity contribution >= 4 is 40.3 Å². The zero-order valence-electron chi connectivity index (χ0n) is 10.3. The molecule has 5 nitrogen and oxygen atoms in total. The van der Waals surface area contributed by atoms with E-state index in [1.54, 1.807) is 12.1 Å². The monoisotopic (exact) mass is 310 g/mol. The van der Waals surface area contributed by atoms with Crippen molar-refractivity contribution in [3.05, 3.63) is 50.0 Å². The van der Waals surface area contributed by atoms with Crippen molar-refractivity contribution < 1.29 is 9.59 Å². The molecular weight excluding hydrogens is 300 g/mol. The summed E-state index contributed by atoms with van der Waals surface area (Å²) >= 11 is 6.92. The van der Waals surface area contributed by atoms with Gasteiger partial charge in [-0.2, -0.15) is 0 Å². The molecule has 0 aliphatic rings. The SMILES string of the molecule is O=C(CCC(=O)c1ccc(Cl)s1)Nc1c[nH]ccc1=O. The average molecular weight is 311 g/mol. The lowest BCUT2D eigenvalue weighted by Gasteiger charge is -2.03. The molecule has 0 atom stereocenters. The van der Waals surface area contributed by atoms with Crippen LogP contribution in [0.2, 0.25) is 4.34 Å². The summed E-state index contributed by atoms with van der Waals surface area (Å²) in [4.78, 5) is 38.1. The highest BCUT2D eigenvalue weighted by atomic mass is 35.5. The minimum absolute atomic E-state index is 0.0166. The van der Waals surface area contributed by atoms with Gasteiger partial charge in [0.25, 0.3) is 0 Å². The third-order valence-corrected chi connectivity index (χ3v) is 3.80. The number of hydrogen-bond donors (Lipinski definition) is 2. The topological polar surface area (TPSA) is 79.0 Å². The molecule has 0 fully saturated rings. The summed E-state index contributed by atoms with van der Waals surface area (Å²) in [6.07, 6.45) is 2.97. The van der Waals surface area contributed by atoms with Gasteiger partial charge < -0.3 is 10.3 Å². The molecular formula is C13H11ClN2O3S. The van der Waals surface area contributed by atoms with Crippen molar-refractivity contribution in [1.82, 2.24) is 4.98 Å². The zero-order valence-corrected chi connectivity index (χ0v) is 11.9. The number of aromatic amines is 1. The normalized spacial score (nSPS) is 10.2. The minimum atomic E-state index is -0.377. The summed E-state index contributed by atoms with van der Waals surface area (Å²) in [6, 6.07) is 4.59.